The van der Waals surface area contributed by atoms with Gasteiger partial charge in [-0.3, -0.25) is 9.59 Å². The van der Waals surface area contributed by atoms with Crippen LogP contribution in [0.1, 0.15) is 44.1 Å². The molecule has 1 aromatic carbocycles. The molecule has 0 spiro atoms. The van der Waals surface area contributed by atoms with Gasteiger partial charge in [-0.1, -0.05) is 25.1 Å². The van der Waals surface area contributed by atoms with Gasteiger partial charge in [-0.05, 0) is 18.1 Å². The average Bonchev–Trinajstić information content (AvgIpc) is 2.46. The first-order valence-corrected chi connectivity index (χ1v) is 7.19. The van der Waals surface area contributed by atoms with Gasteiger partial charge >= 0.3 is 0 Å². The second-order valence-corrected chi connectivity index (χ2v) is 5.27. The van der Waals surface area contributed by atoms with Gasteiger partial charge in [0.05, 0.1) is 12.7 Å². The Hall–Kier alpha value is -2.10. The number of hydrogen-bond acceptors (Lipinski definition) is 4. The van der Waals surface area contributed by atoms with E-state index in [0.29, 0.717) is 18.6 Å². The first-order chi connectivity index (χ1) is 10.1. The number of hydrogen-bond donors (Lipinski definition) is 1. The van der Waals surface area contributed by atoms with Crippen LogP contribution in [-0.2, 0) is 9.59 Å². The molecule has 0 amide bonds. The van der Waals surface area contributed by atoms with Crippen LogP contribution in [-0.4, -0.2) is 23.8 Å². The normalized spacial score (nSPS) is 18.8. The molecular formula is C17H20O4. The standard InChI is InChI=1S/C17H20O4/c1-3-6-13(18)17-14(19)9-11(10-15(17)20)12-7-4-5-8-16(12)21-2/h4-5,7-8,11,18H,3,6,9-10H2,1-2H3. The number of benzene rings is 1. The van der Waals surface area contributed by atoms with Gasteiger partial charge in [0.1, 0.15) is 11.5 Å². The molecule has 0 heterocycles. The Bertz CT molecular complexity index is 566. The summed E-state index contributed by atoms with van der Waals surface area (Å²) in [7, 11) is 1.57. The first-order valence-electron chi connectivity index (χ1n) is 7.19. The Morgan fingerprint density at radius 1 is 1.24 bits per heavy atom. The summed E-state index contributed by atoms with van der Waals surface area (Å²) in [4.78, 5) is 24.4. The van der Waals surface area contributed by atoms with E-state index in [1.807, 2.05) is 31.2 Å². The number of ether oxygens (including phenoxy) is 1. The average molecular weight is 288 g/mol. The quantitative estimate of drug-likeness (QED) is 0.524. The van der Waals surface area contributed by atoms with E-state index in [-0.39, 0.29) is 41.7 Å². The van der Waals surface area contributed by atoms with Crippen molar-refractivity contribution < 1.29 is 19.4 Å². The maximum Gasteiger partial charge on any atom is 0.170 e. The second-order valence-electron chi connectivity index (χ2n) is 5.27. The predicted octanol–water partition coefficient (Wildman–Crippen LogP) is 3.32. The van der Waals surface area contributed by atoms with Gasteiger partial charge in [-0.25, -0.2) is 0 Å². The van der Waals surface area contributed by atoms with Gasteiger partial charge in [-0.2, -0.15) is 0 Å². The number of rotatable bonds is 4. The largest absolute Gasteiger partial charge is 0.511 e. The van der Waals surface area contributed by atoms with Crippen LogP contribution in [0.3, 0.4) is 0 Å². The van der Waals surface area contributed by atoms with Crippen LogP contribution in [0.5, 0.6) is 5.75 Å². The zero-order valence-electron chi connectivity index (χ0n) is 12.4. The maximum absolute atomic E-state index is 12.2. The number of allylic oxidation sites excluding steroid dienone is 2. The van der Waals surface area contributed by atoms with E-state index in [1.54, 1.807) is 7.11 Å². The zero-order valence-corrected chi connectivity index (χ0v) is 12.4. The van der Waals surface area contributed by atoms with Crippen LogP contribution in [0.4, 0.5) is 0 Å². The summed E-state index contributed by atoms with van der Waals surface area (Å²) in [6.07, 6.45) is 1.53. The molecule has 1 fully saturated rings. The van der Waals surface area contributed by atoms with Crippen molar-refractivity contribution in [2.45, 2.75) is 38.5 Å². The van der Waals surface area contributed by atoms with Gasteiger partial charge < -0.3 is 9.84 Å². The van der Waals surface area contributed by atoms with Crippen molar-refractivity contribution in [3.63, 3.8) is 0 Å². The van der Waals surface area contributed by atoms with E-state index in [1.165, 1.54) is 0 Å². The number of aliphatic hydroxyl groups is 1. The fourth-order valence-electron chi connectivity index (χ4n) is 2.79. The lowest BCUT2D eigenvalue weighted by atomic mass is 9.79. The number of carbonyl (C=O) groups is 2. The summed E-state index contributed by atoms with van der Waals surface area (Å²) in [5.74, 6) is -0.0974. The summed E-state index contributed by atoms with van der Waals surface area (Å²) in [6, 6.07) is 7.43. The molecule has 1 aromatic rings. The highest BCUT2D eigenvalue weighted by Gasteiger charge is 2.34. The van der Waals surface area contributed by atoms with Crippen LogP contribution < -0.4 is 4.74 Å². The van der Waals surface area contributed by atoms with Crippen molar-refractivity contribution in [3.8, 4) is 5.75 Å². The highest BCUT2D eigenvalue weighted by molar-refractivity contribution is 6.22. The van der Waals surface area contributed by atoms with E-state index in [4.69, 9.17) is 4.74 Å². The Morgan fingerprint density at radius 3 is 2.43 bits per heavy atom. The molecule has 112 valence electrons. The lowest BCUT2D eigenvalue weighted by Crippen LogP contribution is -2.26. The number of Topliss-reactive ketones (excluding diaryl/α,β-unsaturated/α-hetero) is 2. The molecule has 1 aliphatic carbocycles. The lowest BCUT2D eigenvalue weighted by Gasteiger charge is -2.24. The molecule has 0 radical (unpaired) electrons. The predicted molar refractivity (Wildman–Crippen MR) is 79.5 cm³/mol. The van der Waals surface area contributed by atoms with E-state index < -0.39 is 0 Å². The van der Waals surface area contributed by atoms with Gasteiger partial charge in [0.15, 0.2) is 11.6 Å². The first kappa shape index (κ1) is 15.3. The number of carbonyl (C=O) groups excluding carboxylic acids is 2. The number of ketones is 2. The summed E-state index contributed by atoms with van der Waals surface area (Å²) in [5.41, 5.74) is 0.874. The summed E-state index contributed by atoms with van der Waals surface area (Å²) in [6.45, 7) is 1.90. The summed E-state index contributed by atoms with van der Waals surface area (Å²) >= 11 is 0. The van der Waals surface area contributed by atoms with E-state index in [0.717, 1.165) is 5.56 Å². The lowest BCUT2D eigenvalue weighted by molar-refractivity contribution is -0.124. The van der Waals surface area contributed by atoms with Crippen LogP contribution in [0.2, 0.25) is 0 Å². The Morgan fingerprint density at radius 2 is 1.86 bits per heavy atom. The molecule has 0 bridgehead atoms. The van der Waals surface area contributed by atoms with Crippen LogP contribution in [0, 0.1) is 0 Å². The summed E-state index contributed by atoms with van der Waals surface area (Å²) < 4.78 is 5.30. The summed E-state index contributed by atoms with van der Waals surface area (Å²) in [5, 5.41) is 9.89. The van der Waals surface area contributed by atoms with E-state index in [9.17, 15) is 14.7 Å². The minimum Gasteiger partial charge on any atom is -0.511 e. The van der Waals surface area contributed by atoms with Crippen LogP contribution >= 0.6 is 0 Å². The van der Waals surface area contributed by atoms with E-state index >= 15 is 0 Å². The third-order valence-electron chi connectivity index (χ3n) is 3.78. The van der Waals surface area contributed by atoms with Crippen molar-refractivity contribution in [1.82, 2.24) is 0 Å². The minimum absolute atomic E-state index is 0.00278. The molecule has 1 saturated carbocycles. The molecule has 0 unspecified atom stereocenters. The molecular weight excluding hydrogens is 268 g/mol. The number of aliphatic hydroxyl groups excluding tert-OH is 1. The SMILES string of the molecule is CCCC(O)=C1C(=O)CC(c2ccccc2OC)CC1=O. The van der Waals surface area contributed by atoms with Crippen molar-refractivity contribution in [1.29, 1.82) is 0 Å². The Labute approximate surface area is 124 Å². The highest BCUT2D eigenvalue weighted by Crippen LogP contribution is 2.37. The van der Waals surface area contributed by atoms with Gasteiger partial charge in [0.25, 0.3) is 0 Å². The van der Waals surface area contributed by atoms with Crippen molar-refractivity contribution >= 4 is 11.6 Å². The molecule has 0 saturated heterocycles. The molecule has 21 heavy (non-hydrogen) atoms. The maximum atomic E-state index is 12.2. The number of methoxy groups -OCH3 is 1. The topological polar surface area (TPSA) is 63.6 Å². The van der Waals surface area contributed by atoms with E-state index in [2.05, 4.69) is 0 Å². The van der Waals surface area contributed by atoms with Crippen molar-refractivity contribution in [3.05, 3.63) is 41.2 Å². The molecule has 0 atom stereocenters. The zero-order chi connectivity index (χ0) is 15.4. The minimum atomic E-state index is -0.270. The molecule has 0 aromatic heterocycles. The van der Waals surface area contributed by atoms with Crippen LogP contribution in [0.15, 0.2) is 35.6 Å². The smallest absolute Gasteiger partial charge is 0.170 e. The highest BCUT2D eigenvalue weighted by atomic mass is 16.5. The number of para-hydroxylation sites is 1. The molecule has 4 heteroatoms. The van der Waals surface area contributed by atoms with Gasteiger partial charge in [-0.15, -0.1) is 0 Å². The molecule has 1 N–H and O–H groups in total. The van der Waals surface area contributed by atoms with Gasteiger partial charge in [0.2, 0.25) is 0 Å². The third kappa shape index (κ3) is 3.15. The third-order valence-corrected chi connectivity index (χ3v) is 3.78. The Balaban J connectivity index is 2.29. The molecule has 2 rings (SSSR count). The fraction of sp³-hybridized carbons (Fsp3) is 0.412. The molecule has 0 aliphatic heterocycles. The van der Waals surface area contributed by atoms with Crippen LogP contribution in [0.25, 0.3) is 0 Å². The van der Waals surface area contributed by atoms with Gasteiger partial charge in [0, 0.05) is 25.2 Å². The van der Waals surface area contributed by atoms with Crippen molar-refractivity contribution in [2.24, 2.45) is 0 Å². The Kier molecular flexibility index (Phi) is 4.78. The monoisotopic (exact) mass is 288 g/mol. The van der Waals surface area contributed by atoms with Crippen molar-refractivity contribution in [2.75, 3.05) is 7.11 Å². The fourth-order valence-corrected chi connectivity index (χ4v) is 2.79. The molecule has 1 aliphatic rings. The second kappa shape index (κ2) is 6.57. The molecule has 4 nitrogen and oxygen atoms in total.